The van der Waals surface area contributed by atoms with Crippen LogP contribution in [0.2, 0.25) is 0 Å². The van der Waals surface area contributed by atoms with Crippen molar-refractivity contribution in [2.45, 2.75) is 0 Å². The van der Waals surface area contributed by atoms with Gasteiger partial charge in [0.1, 0.15) is 23.0 Å². The van der Waals surface area contributed by atoms with E-state index in [1.165, 1.54) is 36.4 Å². The van der Waals surface area contributed by atoms with Gasteiger partial charge in [0, 0.05) is 0 Å². The second-order valence-corrected chi connectivity index (χ2v) is 11.9. The molecule has 0 radical (unpaired) electrons. The molecular formula is C40H22N2O10. The van der Waals surface area contributed by atoms with E-state index in [1.54, 1.807) is 60.7 Å². The average Bonchev–Trinajstić information content (AvgIpc) is 3.55. The fourth-order valence-corrected chi connectivity index (χ4v) is 6.14. The third-order valence-electron chi connectivity index (χ3n) is 8.71. The third-order valence-corrected chi connectivity index (χ3v) is 8.71. The van der Waals surface area contributed by atoms with Crippen molar-refractivity contribution in [2.24, 2.45) is 0 Å². The standard InChI is InChI=1S/C40H22N2O10/c43-35-31-15-3-23(39(47)48)19-33(31)37(45)41(35)25-5-11-27(12-6-25)51-29-9-1-21-17-30(10-2-22(21)18-29)52-28-13-7-26(8-14-28)42-36(44)32-16-4-24(40(49)50)20-34(32)38(42)46/h1-20H,(H,47,48)(H,49,50). The van der Waals surface area contributed by atoms with E-state index in [1.807, 2.05) is 24.3 Å². The number of benzene rings is 6. The summed E-state index contributed by atoms with van der Waals surface area (Å²) >= 11 is 0. The molecule has 52 heavy (non-hydrogen) atoms. The van der Waals surface area contributed by atoms with Crippen LogP contribution in [-0.2, 0) is 0 Å². The zero-order valence-electron chi connectivity index (χ0n) is 26.6. The monoisotopic (exact) mass is 690 g/mol. The smallest absolute Gasteiger partial charge is 0.335 e. The van der Waals surface area contributed by atoms with Crippen LogP contribution in [0.15, 0.2) is 121 Å². The largest absolute Gasteiger partial charge is 0.478 e. The molecule has 0 aliphatic carbocycles. The van der Waals surface area contributed by atoms with Gasteiger partial charge >= 0.3 is 11.9 Å². The molecule has 12 nitrogen and oxygen atoms in total. The lowest BCUT2D eigenvalue weighted by atomic mass is 10.1. The maximum absolute atomic E-state index is 13.0. The number of hydrogen-bond donors (Lipinski definition) is 2. The Balaban J connectivity index is 0.930. The zero-order chi connectivity index (χ0) is 36.3. The van der Waals surface area contributed by atoms with Crippen molar-refractivity contribution in [3.8, 4) is 23.0 Å². The summed E-state index contributed by atoms with van der Waals surface area (Å²) in [5, 5.41) is 20.2. The van der Waals surface area contributed by atoms with Gasteiger partial charge in [-0.2, -0.15) is 0 Å². The normalized spacial score (nSPS) is 13.4. The quantitative estimate of drug-likeness (QED) is 0.153. The number of carbonyl (C=O) groups excluding carboxylic acids is 4. The molecule has 2 heterocycles. The Morgan fingerprint density at radius 2 is 0.750 bits per heavy atom. The number of amides is 4. The maximum Gasteiger partial charge on any atom is 0.335 e. The van der Waals surface area contributed by atoms with Crippen molar-refractivity contribution in [3.63, 3.8) is 0 Å². The first kappa shape index (κ1) is 31.7. The van der Waals surface area contributed by atoms with E-state index in [2.05, 4.69) is 0 Å². The lowest BCUT2D eigenvalue weighted by Crippen LogP contribution is -2.29. The summed E-state index contributed by atoms with van der Waals surface area (Å²) in [6, 6.07) is 31.4. The molecule has 0 spiro atoms. The average molecular weight is 691 g/mol. The number of rotatable bonds is 8. The van der Waals surface area contributed by atoms with Gasteiger partial charge in [-0.25, -0.2) is 19.4 Å². The van der Waals surface area contributed by atoms with Gasteiger partial charge in [0.05, 0.1) is 44.8 Å². The van der Waals surface area contributed by atoms with Gasteiger partial charge in [-0.3, -0.25) is 19.2 Å². The predicted octanol–water partition coefficient (Wildman–Crippen LogP) is 7.42. The highest BCUT2D eigenvalue weighted by atomic mass is 16.5. The minimum Gasteiger partial charge on any atom is -0.478 e. The Bertz CT molecular complexity index is 2380. The number of carbonyl (C=O) groups is 6. The summed E-state index contributed by atoms with van der Waals surface area (Å²) in [6.07, 6.45) is 0. The van der Waals surface area contributed by atoms with Gasteiger partial charge in [0.15, 0.2) is 0 Å². The number of hydrogen-bond acceptors (Lipinski definition) is 8. The van der Waals surface area contributed by atoms with Crippen LogP contribution in [0, 0.1) is 0 Å². The van der Waals surface area contributed by atoms with Crippen LogP contribution in [0.5, 0.6) is 23.0 Å². The number of fused-ring (bicyclic) bond motifs is 3. The van der Waals surface area contributed by atoms with Crippen LogP contribution in [0.4, 0.5) is 11.4 Å². The van der Waals surface area contributed by atoms with Crippen LogP contribution in [0.3, 0.4) is 0 Å². The fraction of sp³-hybridized carbons (Fsp3) is 0. The minimum atomic E-state index is -1.19. The molecule has 0 fully saturated rings. The third kappa shape index (κ3) is 5.36. The van der Waals surface area contributed by atoms with Gasteiger partial charge in [-0.15, -0.1) is 0 Å². The molecule has 6 aromatic carbocycles. The van der Waals surface area contributed by atoms with Crippen molar-refractivity contribution in [1.29, 1.82) is 0 Å². The van der Waals surface area contributed by atoms with Crippen LogP contribution < -0.4 is 19.3 Å². The Labute approximate surface area is 293 Å². The molecule has 0 atom stereocenters. The molecule has 2 N–H and O–H groups in total. The maximum atomic E-state index is 13.0. The Hall–Kier alpha value is -7.60. The molecular weight excluding hydrogens is 668 g/mol. The molecule has 12 heteroatoms. The summed E-state index contributed by atoms with van der Waals surface area (Å²) in [6.45, 7) is 0. The predicted molar refractivity (Wildman–Crippen MR) is 186 cm³/mol. The molecule has 8 rings (SSSR count). The van der Waals surface area contributed by atoms with E-state index in [0.717, 1.165) is 20.6 Å². The van der Waals surface area contributed by atoms with Gasteiger partial charge in [0.2, 0.25) is 0 Å². The number of carboxylic acid groups (broad SMARTS) is 2. The van der Waals surface area contributed by atoms with E-state index >= 15 is 0 Å². The zero-order valence-corrected chi connectivity index (χ0v) is 26.6. The van der Waals surface area contributed by atoms with Crippen LogP contribution in [-0.4, -0.2) is 45.8 Å². The lowest BCUT2D eigenvalue weighted by molar-refractivity contribution is 0.0686. The van der Waals surface area contributed by atoms with E-state index in [4.69, 9.17) is 9.47 Å². The Kier molecular flexibility index (Phi) is 7.35. The minimum absolute atomic E-state index is 0.0348. The molecule has 0 bridgehead atoms. The Morgan fingerprint density at radius 3 is 1.12 bits per heavy atom. The topological polar surface area (TPSA) is 168 Å². The number of nitrogens with zero attached hydrogens (tertiary/aromatic N) is 2. The summed E-state index contributed by atoms with van der Waals surface area (Å²) in [7, 11) is 0. The van der Waals surface area contributed by atoms with Crippen LogP contribution in [0.1, 0.15) is 62.1 Å². The number of anilines is 2. The summed E-state index contributed by atoms with van der Waals surface area (Å²) in [5.41, 5.74) is 0.809. The molecule has 2 aliphatic heterocycles. The van der Waals surface area contributed by atoms with Gasteiger partial charge < -0.3 is 19.7 Å². The molecule has 4 amide bonds. The van der Waals surface area contributed by atoms with Crippen LogP contribution >= 0.6 is 0 Å². The van der Waals surface area contributed by atoms with Crippen molar-refractivity contribution in [3.05, 3.63) is 155 Å². The van der Waals surface area contributed by atoms with Crippen molar-refractivity contribution in [2.75, 3.05) is 9.80 Å². The molecule has 0 saturated carbocycles. The second kappa shape index (κ2) is 12.1. The highest BCUT2D eigenvalue weighted by Crippen LogP contribution is 2.35. The summed E-state index contributed by atoms with van der Waals surface area (Å²) in [5.74, 6) is -2.68. The number of ether oxygens (including phenoxy) is 2. The highest BCUT2D eigenvalue weighted by molar-refractivity contribution is 6.35. The summed E-state index contributed by atoms with van der Waals surface area (Å²) < 4.78 is 12.1. The first-order valence-corrected chi connectivity index (χ1v) is 15.7. The number of imide groups is 2. The van der Waals surface area contributed by atoms with Gasteiger partial charge in [-0.1, -0.05) is 12.1 Å². The first-order valence-electron chi connectivity index (χ1n) is 15.7. The SMILES string of the molecule is O=C(O)c1ccc2c(c1)C(=O)N(c1ccc(Oc3ccc4cc(Oc5ccc(N6C(=O)c7ccc(C(=O)O)cc7C6=O)cc5)ccc4c3)cc1)C2=O. The molecule has 2 aliphatic rings. The van der Waals surface area contributed by atoms with Crippen molar-refractivity contribution >= 4 is 57.7 Å². The second-order valence-electron chi connectivity index (χ2n) is 11.9. The van der Waals surface area contributed by atoms with Gasteiger partial charge in [-0.05, 0) is 120 Å². The number of aromatic carboxylic acids is 2. The molecule has 6 aromatic rings. The van der Waals surface area contributed by atoms with Gasteiger partial charge in [0.25, 0.3) is 23.6 Å². The highest BCUT2D eigenvalue weighted by Gasteiger charge is 2.38. The first-order chi connectivity index (χ1) is 25.0. The van der Waals surface area contributed by atoms with E-state index in [0.29, 0.717) is 34.4 Å². The van der Waals surface area contributed by atoms with E-state index in [-0.39, 0.29) is 33.4 Å². The summed E-state index contributed by atoms with van der Waals surface area (Å²) in [4.78, 5) is 76.5. The van der Waals surface area contributed by atoms with E-state index in [9.17, 15) is 39.0 Å². The molecule has 252 valence electrons. The molecule has 0 aromatic heterocycles. The molecule has 0 saturated heterocycles. The fourth-order valence-electron chi connectivity index (χ4n) is 6.14. The van der Waals surface area contributed by atoms with Crippen molar-refractivity contribution < 1.29 is 48.5 Å². The lowest BCUT2D eigenvalue weighted by Gasteiger charge is -2.15. The molecule has 0 unspecified atom stereocenters. The Morgan fingerprint density at radius 1 is 0.404 bits per heavy atom. The van der Waals surface area contributed by atoms with Crippen LogP contribution in [0.25, 0.3) is 10.8 Å². The number of carboxylic acids is 2. The van der Waals surface area contributed by atoms with Crippen molar-refractivity contribution in [1.82, 2.24) is 0 Å². The van der Waals surface area contributed by atoms with E-state index < -0.39 is 35.6 Å².